The number of ether oxygens (including phenoxy) is 1. The molecule has 3 nitrogen and oxygen atoms in total. The van der Waals surface area contributed by atoms with E-state index in [2.05, 4.69) is 12.3 Å². The summed E-state index contributed by atoms with van der Waals surface area (Å²) in [6.45, 7) is 2.07. The Kier molecular flexibility index (Phi) is 4.52. The van der Waals surface area contributed by atoms with Crippen LogP contribution in [0, 0.1) is 5.82 Å². The maximum absolute atomic E-state index is 13.1. The first kappa shape index (κ1) is 11.9. The number of nitrogens with one attached hydrogen (secondary N) is 1. The molecule has 0 fully saturated rings. The highest BCUT2D eigenvalue weighted by atomic mass is 19.1. The molecule has 1 unspecified atom stereocenters. The zero-order chi connectivity index (χ0) is 11.3. The Bertz CT molecular complexity index is 317. The molecule has 15 heavy (non-hydrogen) atoms. The second-order valence-corrected chi connectivity index (χ2v) is 3.40. The van der Waals surface area contributed by atoms with Gasteiger partial charge in [0.25, 0.3) is 0 Å². The number of hydrogen-bond donors (Lipinski definition) is 2. The minimum atomic E-state index is -0.353. The highest BCUT2D eigenvalue weighted by Crippen LogP contribution is 2.24. The van der Waals surface area contributed by atoms with E-state index in [4.69, 9.17) is 10.6 Å². The Morgan fingerprint density at radius 1 is 1.53 bits per heavy atom. The van der Waals surface area contributed by atoms with Gasteiger partial charge in [-0.25, -0.2) is 4.39 Å². The van der Waals surface area contributed by atoms with Crippen LogP contribution in [0.1, 0.15) is 31.4 Å². The van der Waals surface area contributed by atoms with Gasteiger partial charge in [-0.3, -0.25) is 11.3 Å². The van der Waals surface area contributed by atoms with Crippen molar-refractivity contribution in [1.82, 2.24) is 5.43 Å². The average molecular weight is 212 g/mol. The maximum atomic E-state index is 13.1. The molecule has 0 aliphatic rings. The average Bonchev–Trinajstić information content (AvgIpc) is 2.27. The van der Waals surface area contributed by atoms with E-state index in [9.17, 15) is 4.39 Å². The van der Waals surface area contributed by atoms with Gasteiger partial charge in [0.05, 0.1) is 7.11 Å². The van der Waals surface area contributed by atoms with Gasteiger partial charge in [-0.15, -0.1) is 0 Å². The Morgan fingerprint density at radius 2 is 2.27 bits per heavy atom. The lowest BCUT2D eigenvalue weighted by Gasteiger charge is -2.16. The van der Waals surface area contributed by atoms with Crippen LogP contribution in [-0.2, 0) is 0 Å². The van der Waals surface area contributed by atoms with Crippen molar-refractivity contribution in [3.8, 4) is 5.75 Å². The number of benzene rings is 1. The van der Waals surface area contributed by atoms with Crippen molar-refractivity contribution in [3.05, 3.63) is 29.6 Å². The number of methoxy groups -OCH3 is 1. The molecule has 4 heteroatoms. The largest absolute Gasteiger partial charge is 0.494 e. The molecule has 0 radical (unpaired) electrons. The summed E-state index contributed by atoms with van der Waals surface area (Å²) < 4.78 is 18.1. The van der Waals surface area contributed by atoms with E-state index in [-0.39, 0.29) is 17.6 Å². The summed E-state index contributed by atoms with van der Waals surface area (Å²) >= 11 is 0. The second-order valence-electron chi connectivity index (χ2n) is 3.40. The summed E-state index contributed by atoms with van der Waals surface area (Å²) in [6.07, 6.45) is 1.92. The third-order valence-electron chi connectivity index (χ3n) is 2.36. The molecule has 0 aliphatic carbocycles. The lowest BCUT2D eigenvalue weighted by molar-refractivity contribution is 0.384. The van der Waals surface area contributed by atoms with Crippen molar-refractivity contribution < 1.29 is 9.13 Å². The van der Waals surface area contributed by atoms with Crippen molar-refractivity contribution in [2.24, 2.45) is 5.84 Å². The second kappa shape index (κ2) is 5.68. The van der Waals surface area contributed by atoms with Crippen LogP contribution in [0.5, 0.6) is 5.75 Å². The zero-order valence-corrected chi connectivity index (χ0v) is 9.09. The van der Waals surface area contributed by atoms with E-state index in [1.807, 2.05) is 0 Å². The van der Waals surface area contributed by atoms with E-state index in [0.717, 1.165) is 18.4 Å². The van der Waals surface area contributed by atoms with Crippen molar-refractivity contribution in [1.29, 1.82) is 0 Å². The van der Waals surface area contributed by atoms with Crippen LogP contribution in [0.3, 0.4) is 0 Å². The quantitative estimate of drug-likeness (QED) is 0.580. The van der Waals surface area contributed by atoms with E-state index in [0.29, 0.717) is 0 Å². The Balaban J connectivity index is 2.92. The molecule has 0 bridgehead atoms. The molecule has 1 rings (SSSR count). The molecule has 1 aromatic carbocycles. The molecule has 0 saturated carbocycles. The third kappa shape index (κ3) is 2.91. The van der Waals surface area contributed by atoms with E-state index in [1.165, 1.54) is 13.2 Å². The van der Waals surface area contributed by atoms with Crippen LogP contribution in [0.15, 0.2) is 18.2 Å². The van der Waals surface area contributed by atoms with E-state index < -0.39 is 0 Å². The summed E-state index contributed by atoms with van der Waals surface area (Å²) in [6, 6.07) is 4.84. The first-order valence-corrected chi connectivity index (χ1v) is 5.02. The van der Waals surface area contributed by atoms with Crippen LogP contribution in [-0.4, -0.2) is 7.11 Å². The van der Waals surface area contributed by atoms with Crippen LogP contribution in [0.25, 0.3) is 0 Å². The first-order chi connectivity index (χ1) is 7.22. The number of hydrazine groups is 1. The molecule has 3 N–H and O–H groups in total. The lowest BCUT2D eigenvalue weighted by atomic mass is 10.0. The molecule has 0 saturated heterocycles. The van der Waals surface area contributed by atoms with Gasteiger partial charge in [0.1, 0.15) is 0 Å². The number of rotatable bonds is 5. The molecular formula is C11H17FN2O. The van der Waals surface area contributed by atoms with Crippen molar-refractivity contribution >= 4 is 0 Å². The third-order valence-corrected chi connectivity index (χ3v) is 2.36. The van der Waals surface area contributed by atoms with Crippen molar-refractivity contribution in [3.63, 3.8) is 0 Å². The molecule has 0 aliphatic heterocycles. The molecule has 0 spiro atoms. The molecule has 0 aromatic heterocycles. The first-order valence-electron chi connectivity index (χ1n) is 5.02. The Hall–Kier alpha value is -1.13. The van der Waals surface area contributed by atoms with Crippen LogP contribution < -0.4 is 16.0 Å². The summed E-state index contributed by atoms with van der Waals surface area (Å²) in [4.78, 5) is 0. The summed E-state index contributed by atoms with van der Waals surface area (Å²) in [5.41, 5.74) is 3.65. The summed E-state index contributed by atoms with van der Waals surface area (Å²) in [5, 5.41) is 0. The van der Waals surface area contributed by atoms with Crippen molar-refractivity contribution in [2.45, 2.75) is 25.8 Å². The highest BCUT2D eigenvalue weighted by Gasteiger charge is 2.11. The molecule has 84 valence electrons. The standard InChI is InChI=1S/C11H17FN2O/c1-3-4-10(14-13)8-5-6-9(12)11(7-8)15-2/h5-7,10,14H,3-4,13H2,1-2H3. The SMILES string of the molecule is CCCC(NN)c1ccc(F)c(OC)c1. The highest BCUT2D eigenvalue weighted by molar-refractivity contribution is 5.32. The van der Waals surface area contributed by atoms with Gasteiger partial charge in [0.2, 0.25) is 0 Å². The molecule has 0 heterocycles. The predicted octanol–water partition coefficient (Wildman–Crippen LogP) is 2.14. The molecular weight excluding hydrogens is 195 g/mol. The van der Waals surface area contributed by atoms with Gasteiger partial charge in [-0.2, -0.15) is 0 Å². The number of hydrogen-bond acceptors (Lipinski definition) is 3. The molecule has 0 amide bonds. The van der Waals surface area contributed by atoms with Gasteiger partial charge < -0.3 is 4.74 Å². The maximum Gasteiger partial charge on any atom is 0.165 e. The fourth-order valence-corrected chi connectivity index (χ4v) is 1.53. The molecule has 1 aromatic rings. The monoisotopic (exact) mass is 212 g/mol. The fourth-order valence-electron chi connectivity index (χ4n) is 1.53. The minimum Gasteiger partial charge on any atom is -0.494 e. The predicted molar refractivity (Wildman–Crippen MR) is 57.9 cm³/mol. The van der Waals surface area contributed by atoms with E-state index >= 15 is 0 Å². The summed E-state index contributed by atoms with van der Waals surface area (Å²) in [7, 11) is 1.45. The normalized spacial score (nSPS) is 12.5. The van der Waals surface area contributed by atoms with E-state index in [1.54, 1.807) is 12.1 Å². The zero-order valence-electron chi connectivity index (χ0n) is 9.09. The summed E-state index contributed by atoms with van der Waals surface area (Å²) in [5.74, 6) is 5.34. The minimum absolute atomic E-state index is 0.0458. The van der Waals surface area contributed by atoms with Crippen LogP contribution >= 0.6 is 0 Å². The van der Waals surface area contributed by atoms with Gasteiger partial charge in [0, 0.05) is 6.04 Å². The van der Waals surface area contributed by atoms with Gasteiger partial charge in [-0.1, -0.05) is 19.4 Å². The fraction of sp³-hybridized carbons (Fsp3) is 0.455. The molecule has 1 atom stereocenters. The topological polar surface area (TPSA) is 47.3 Å². The van der Waals surface area contributed by atoms with Crippen LogP contribution in [0.2, 0.25) is 0 Å². The van der Waals surface area contributed by atoms with Crippen LogP contribution in [0.4, 0.5) is 4.39 Å². The number of halogens is 1. The van der Waals surface area contributed by atoms with Gasteiger partial charge in [-0.05, 0) is 24.1 Å². The van der Waals surface area contributed by atoms with Gasteiger partial charge >= 0.3 is 0 Å². The smallest absolute Gasteiger partial charge is 0.165 e. The Labute approximate surface area is 89.4 Å². The van der Waals surface area contributed by atoms with Gasteiger partial charge in [0.15, 0.2) is 11.6 Å². The lowest BCUT2D eigenvalue weighted by Crippen LogP contribution is -2.27. The Morgan fingerprint density at radius 3 is 2.80 bits per heavy atom. The van der Waals surface area contributed by atoms with Crippen molar-refractivity contribution in [2.75, 3.05) is 7.11 Å². The number of nitrogens with two attached hydrogens (primary N) is 1.